The van der Waals surface area contributed by atoms with Gasteiger partial charge in [0.25, 0.3) is 0 Å². The Balaban J connectivity index is 2.39. The minimum atomic E-state index is -0.970. The number of aliphatic carboxylic acids is 1. The minimum absolute atomic E-state index is 0.265. The SMILES string of the molecule is CCC(C)(C)N(C)C(=O)N1c2ccccc2C[C@H]1C(=O)O. The van der Waals surface area contributed by atoms with Gasteiger partial charge < -0.3 is 10.0 Å². The number of anilines is 1. The van der Waals surface area contributed by atoms with Crippen molar-refractivity contribution < 1.29 is 14.7 Å². The average molecular weight is 290 g/mol. The molecule has 0 spiro atoms. The molecule has 2 amide bonds. The summed E-state index contributed by atoms with van der Waals surface area (Å²) in [4.78, 5) is 27.4. The van der Waals surface area contributed by atoms with E-state index in [2.05, 4.69) is 0 Å². The molecule has 1 N–H and O–H groups in total. The Morgan fingerprint density at radius 1 is 1.38 bits per heavy atom. The van der Waals surface area contributed by atoms with Crippen LogP contribution in [0.5, 0.6) is 0 Å². The highest BCUT2D eigenvalue weighted by molar-refractivity contribution is 6.01. The number of amides is 2. The number of rotatable bonds is 3. The van der Waals surface area contributed by atoms with E-state index in [1.165, 1.54) is 4.90 Å². The second-order valence-electron chi connectivity index (χ2n) is 6.06. The minimum Gasteiger partial charge on any atom is -0.480 e. The van der Waals surface area contributed by atoms with Crippen molar-refractivity contribution in [2.45, 2.75) is 45.2 Å². The molecular weight excluding hydrogens is 268 g/mol. The van der Waals surface area contributed by atoms with Crippen LogP contribution in [0.4, 0.5) is 10.5 Å². The van der Waals surface area contributed by atoms with Crippen molar-refractivity contribution in [3.63, 3.8) is 0 Å². The fourth-order valence-electron chi connectivity index (χ4n) is 2.48. The summed E-state index contributed by atoms with van der Waals surface area (Å²) in [6.45, 7) is 5.96. The van der Waals surface area contributed by atoms with Crippen LogP contribution in [-0.2, 0) is 11.2 Å². The lowest BCUT2D eigenvalue weighted by Crippen LogP contribution is -2.54. The molecule has 1 atom stereocenters. The number of nitrogens with zero attached hydrogens (tertiary/aromatic N) is 2. The average Bonchev–Trinajstić information content (AvgIpc) is 2.85. The molecule has 0 aromatic heterocycles. The Morgan fingerprint density at radius 3 is 2.57 bits per heavy atom. The highest BCUT2D eigenvalue weighted by Gasteiger charge is 2.41. The molecule has 1 aliphatic rings. The van der Waals surface area contributed by atoms with Gasteiger partial charge >= 0.3 is 12.0 Å². The number of benzene rings is 1. The first-order chi connectivity index (χ1) is 9.79. The van der Waals surface area contributed by atoms with Crippen molar-refractivity contribution in [2.75, 3.05) is 11.9 Å². The first-order valence-corrected chi connectivity index (χ1v) is 7.17. The molecule has 1 heterocycles. The van der Waals surface area contributed by atoms with Gasteiger partial charge in [0.05, 0.1) is 0 Å². The number of hydrogen-bond donors (Lipinski definition) is 1. The molecule has 1 aromatic rings. The maximum Gasteiger partial charge on any atom is 0.327 e. The van der Waals surface area contributed by atoms with Gasteiger partial charge in [-0.1, -0.05) is 25.1 Å². The Hall–Kier alpha value is -2.04. The molecule has 0 fully saturated rings. The number of carbonyl (C=O) groups excluding carboxylic acids is 1. The van der Waals surface area contributed by atoms with Crippen molar-refractivity contribution in [1.82, 2.24) is 4.90 Å². The van der Waals surface area contributed by atoms with Gasteiger partial charge in [-0.3, -0.25) is 4.90 Å². The van der Waals surface area contributed by atoms with Gasteiger partial charge in [0, 0.05) is 24.7 Å². The Bertz CT molecular complexity index is 568. The number of hydrogen-bond acceptors (Lipinski definition) is 2. The summed E-state index contributed by atoms with van der Waals surface area (Å²) < 4.78 is 0. The maximum absolute atomic E-state index is 12.8. The molecule has 2 rings (SSSR count). The van der Waals surface area contributed by atoms with Crippen molar-refractivity contribution in [3.8, 4) is 0 Å². The first-order valence-electron chi connectivity index (χ1n) is 7.17. The van der Waals surface area contributed by atoms with Gasteiger partial charge in [0.15, 0.2) is 0 Å². The van der Waals surface area contributed by atoms with Gasteiger partial charge in [-0.15, -0.1) is 0 Å². The van der Waals surface area contributed by atoms with E-state index >= 15 is 0 Å². The Morgan fingerprint density at radius 2 is 2.00 bits per heavy atom. The molecule has 5 nitrogen and oxygen atoms in total. The lowest BCUT2D eigenvalue weighted by molar-refractivity contribution is -0.138. The first kappa shape index (κ1) is 15.4. The van der Waals surface area contributed by atoms with E-state index in [1.54, 1.807) is 11.9 Å². The highest BCUT2D eigenvalue weighted by atomic mass is 16.4. The summed E-state index contributed by atoms with van der Waals surface area (Å²) in [6.07, 6.45) is 1.15. The summed E-state index contributed by atoms with van der Waals surface area (Å²) >= 11 is 0. The molecule has 0 bridgehead atoms. The third kappa shape index (κ3) is 2.60. The normalized spacial score (nSPS) is 17.5. The molecule has 1 aliphatic heterocycles. The Labute approximate surface area is 125 Å². The van der Waals surface area contributed by atoms with Gasteiger partial charge in [0.2, 0.25) is 0 Å². The van der Waals surface area contributed by atoms with Crippen LogP contribution in [-0.4, -0.2) is 40.6 Å². The number of fused-ring (bicyclic) bond motifs is 1. The van der Waals surface area contributed by atoms with Crippen LogP contribution in [0.3, 0.4) is 0 Å². The molecule has 114 valence electrons. The van der Waals surface area contributed by atoms with Gasteiger partial charge in [-0.05, 0) is 31.9 Å². The number of urea groups is 1. The summed E-state index contributed by atoms with van der Waals surface area (Å²) in [5, 5.41) is 9.43. The highest BCUT2D eigenvalue weighted by Crippen LogP contribution is 2.34. The topological polar surface area (TPSA) is 60.9 Å². The van der Waals surface area contributed by atoms with Crippen molar-refractivity contribution in [3.05, 3.63) is 29.8 Å². The van der Waals surface area contributed by atoms with Crippen molar-refractivity contribution in [2.24, 2.45) is 0 Å². The summed E-state index contributed by atoms with van der Waals surface area (Å²) in [7, 11) is 1.73. The fourth-order valence-corrected chi connectivity index (χ4v) is 2.48. The summed E-state index contributed by atoms with van der Waals surface area (Å²) in [5.41, 5.74) is 1.28. The maximum atomic E-state index is 12.8. The van der Waals surface area contributed by atoms with Crippen LogP contribution in [0.15, 0.2) is 24.3 Å². The zero-order valence-electron chi connectivity index (χ0n) is 13.0. The van der Waals surface area contributed by atoms with E-state index in [-0.39, 0.29) is 11.6 Å². The molecule has 0 saturated carbocycles. The van der Waals surface area contributed by atoms with E-state index < -0.39 is 12.0 Å². The van der Waals surface area contributed by atoms with Crippen molar-refractivity contribution in [1.29, 1.82) is 0 Å². The third-order valence-corrected chi connectivity index (χ3v) is 4.53. The molecule has 0 unspecified atom stereocenters. The quantitative estimate of drug-likeness (QED) is 0.931. The van der Waals surface area contributed by atoms with Crippen LogP contribution >= 0.6 is 0 Å². The van der Waals surface area contributed by atoms with E-state index in [0.29, 0.717) is 12.1 Å². The van der Waals surface area contributed by atoms with E-state index in [1.807, 2.05) is 45.0 Å². The second-order valence-corrected chi connectivity index (χ2v) is 6.06. The van der Waals surface area contributed by atoms with E-state index in [4.69, 9.17) is 0 Å². The molecule has 5 heteroatoms. The number of para-hydroxylation sites is 1. The van der Waals surface area contributed by atoms with Crippen LogP contribution in [0, 0.1) is 0 Å². The van der Waals surface area contributed by atoms with Gasteiger partial charge in [-0.2, -0.15) is 0 Å². The standard InChI is InChI=1S/C16H22N2O3/c1-5-16(2,3)17(4)15(21)18-12-9-7-6-8-11(12)10-13(18)14(19)20/h6-9,13H,5,10H2,1-4H3,(H,19,20)/t13-/m0/s1. The largest absolute Gasteiger partial charge is 0.480 e. The molecular formula is C16H22N2O3. The van der Waals surface area contributed by atoms with Crippen LogP contribution in [0.1, 0.15) is 32.8 Å². The van der Waals surface area contributed by atoms with Crippen LogP contribution in [0.25, 0.3) is 0 Å². The monoisotopic (exact) mass is 290 g/mol. The summed E-state index contributed by atoms with van der Waals surface area (Å²) in [5.74, 6) is -0.970. The van der Waals surface area contributed by atoms with Gasteiger partial charge in [0.1, 0.15) is 6.04 Å². The predicted molar refractivity (Wildman–Crippen MR) is 81.6 cm³/mol. The Kier molecular flexibility index (Phi) is 3.94. The van der Waals surface area contributed by atoms with E-state index in [0.717, 1.165) is 12.0 Å². The van der Waals surface area contributed by atoms with Crippen LogP contribution < -0.4 is 4.90 Å². The number of carboxylic acids is 1. The summed E-state index contributed by atoms with van der Waals surface area (Å²) in [6, 6.07) is 6.29. The molecule has 0 aliphatic carbocycles. The zero-order chi connectivity index (χ0) is 15.8. The molecule has 1 aromatic carbocycles. The lowest BCUT2D eigenvalue weighted by Gasteiger charge is -2.38. The van der Waals surface area contributed by atoms with Gasteiger partial charge in [-0.25, -0.2) is 9.59 Å². The zero-order valence-corrected chi connectivity index (χ0v) is 13.0. The molecule has 0 saturated heterocycles. The second kappa shape index (κ2) is 5.39. The lowest BCUT2D eigenvalue weighted by atomic mass is 10.0. The smallest absolute Gasteiger partial charge is 0.327 e. The fraction of sp³-hybridized carbons (Fsp3) is 0.500. The van der Waals surface area contributed by atoms with Crippen LogP contribution in [0.2, 0.25) is 0 Å². The third-order valence-electron chi connectivity index (χ3n) is 4.53. The molecule has 21 heavy (non-hydrogen) atoms. The van der Waals surface area contributed by atoms with Crippen molar-refractivity contribution >= 4 is 17.7 Å². The predicted octanol–water partition coefficient (Wildman–Crippen LogP) is 2.74. The number of carbonyl (C=O) groups is 2. The molecule has 0 radical (unpaired) electrons. The number of carboxylic acid groups (broad SMARTS) is 1. The van der Waals surface area contributed by atoms with E-state index in [9.17, 15) is 14.7 Å².